The molecule has 4 nitrogen and oxygen atoms in total. The summed E-state index contributed by atoms with van der Waals surface area (Å²) in [6.45, 7) is 0. The standard InChI is InChI=1S/C9H9BrN4/c10-8-13-7(9(11)1-2-9)6-5-12-3-4-14(6)8/h3-5H,1-2,11H2. The topological polar surface area (TPSA) is 56.2 Å². The predicted molar refractivity (Wildman–Crippen MR) is 55.8 cm³/mol. The van der Waals surface area contributed by atoms with Crippen molar-refractivity contribution in [3.05, 3.63) is 29.0 Å². The number of nitrogens with two attached hydrogens (primary N) is 1. The average molecular weight is 253 g/mol. The zero-order chi connectivity index (χ0) is 9.76. The van der Waals surface area contributed by atoms with Gasteiger partial charge < -0.3 is 5.73 Å². The van der Waals surface area contributed by atoms with Crippen LogP contribution in [-0.2, 0) is 5.54 Å². The van der Waals surface area contributed by atoms with Gasteiger partial charge in [0.05, 0.1) is 22.9 Å². The number of halogens is 1. The summed E-state index contributed by atoms with van der Waals surface area (Å²) in [6, 6.07) is 0. The maximum absolute atomic E-state index is 6.12. The van der Waals surface area contributed by atoms with E-state index in [4.69, 9.17) is 5.73 Å². The van der Waals surface area contributed by atoms with Crippen molar-refractivity contribution in [2.24, 2.45) is 5.73 Å². The number of hydrogen-bond acceptors (Lipinski definition) is 3. The third kappa shape index (κ3) is 1.02. The van der Waals surface area contributed by atoms with Gasteiger partial charge in [0, 0.05) is 12.4 Å². The molecule has 2 N–H and O–H groups in total. The lowest BCUT2D eigenvalue weighted by atomic mass is 10.2. The monoisotopic (exact) mass is 252 g/mol. The highest BCUT2D eigenvalue weighted by Gasteiger charge is 2.43. The van der Waals surface area contributed by atoms with Gasteiger partial charge in [-0.05, 0) is 28.8 Å². The van der Waals surface area contributed by atoms with Crippen molar-refractivity contribution in [2.75, 3.05) is 0 Å². The fraction of sp³-hybridized carbons (Fsp3) is 0.333. The van der Waals surface area contributed by atoms with Crippen LogP contribution in [0, 0.1) is 0 Å². The summed E-state index contributed by atoms with van der Waals surface area (Å²) in [5, 5.41) is 0. The Morgan fingerprint density at radius 3 is 3.00 bits per heavy atom. The summed E-state index contributed by atoms with van der Waals surface area (Å²) in [6.07, 6.45) is 7.45. The lowest BCUT2D eigenvalue weighted by molar-refractivity contribution is 0.719. The van der Waals surface area contributed by atoms with Gasteiger partial charge in [-0.25, -0.2) is 4.98 Å². The van der Waals surface area contributed by atoms with Gasteiger partial charge in [-0.2, -0.15) is 0 Å². The Labute approximate surface area is 89.3 Å². The minimum atomic E-state index is -0.208. The smallest absolute Gasteiger partial charge is 0.182 e. The fourth-order valence-corrected chi connectivity index (χ4v) is 2.13. The number of fused-ring (bicyclic) bond motifs is 1. The first-order valence-corrected chi connectivity index (χ1v) is 5.27. The number of hydrogen-bond donors (Lipinski definition) is 1. The molecule has 1 saturated carbocycles. The van der Waals surface area contributed by atoms with Gasteiger partial charge in [0.15, 0.2) is 4.73 Å². The summed E-state index contributed by atoms with van der Waals surface area (Å²) in [5.74, 6) is 0. The largest absolute Gasteiger partial charge is 0.320 e. The van der Waals surface area contributed by atoms with E-state index in [1.54, 1.807) is 12.4 Å². The van der Waals surface area contributed by atoms with Crippen LogP contribution in [0.5, 0.6) is 0 Å². The highest BCUT2D eigenvalue weighted by atomic mass is 79.9. The molecule has 0 bridgehead atoms. The van der Waals surface area contributed by atoms with Gasteiger partial charge in [-0.1, -0.05) is 0 Å². The molecule has 14 heavy (non-hydrogen) atoms. The first-order valence-electron chi connectivity index (χ1n) is 4.48. The normalized spacial score (nSPS) is 18.7. The van der Waals surface area contributed by atoms with E-state index in [9.17, 15) is 0 Å². The molecular weight excluding hydrogens is 244 g/mol. The van der Waals surface area contributed by atoms with Crippen LogP contribution in [0.4, 0.5) is 0 Å². The summed E-state index contributed by atoms with van der Waals surface area (Å²) >= 11 is 3.41. The van der Waals surface area contributed by atoms with Crippen LogP contribution < -0.4 is 5.73 Å². The third-order valence-corrected chi connectivity index (χ3v) is 3.22. The Kier molecular flexibility index (Phi) is 1.52. The van der Waals surface area contributed by atoms with E-state index >= 15 is 0 Å². The summed E-state index contributed by atoms with van der Waals surface area (Å²) in [7, 11) is 0. The van der Waals surface area contributed by atoms with Gasteiger partial charge >= 0.3 is 0 Å². The van der Waals surface area contributed by atoms with Crippen molar-refractivity contribution < 1.29 is 0 Å². The molecule has 0 unspecified atom stereocenters. The van der Waals surface area contributed by atoms with Crippen molar-refractivity contribution in [1.82, 2.24) is 14.4 Å². The molecule has 1 aliphatic rings. The second kappa shape index (κ2) is 2.55. The Morgan fingerprint density at radius 1 is 1.50 bits per heavy atom. The molecule has 2 heterocycles. The quantitative estimate of drug-likeness (QED) is 0.836. The molecule has 0 amide bonds. The molecule has 0 spiro atoms. The van der Waals surface area contributed by atoms with Crippen LogP contribution in [0.25, 0.3) is 5.52 Å². The van der Waals surface area contributed by atoms with Crippen LogP contribution in [-0.4, -0.2) is 14.4 Å². The Bertz CT molecular complexity index is 500. The Hall–Kier alpha value is -0.940. The van der Waals surface area contributed by atoms with E-state index in [1.807, 2.05) is 10.6 Å². The van der Waals surface area contributed by atoms with Crippen LogP contribution in [0.2, 0.25) is 0 Å². The molecule has 3 rings (SSSR count). The first-order chi connectivity index (χ1) is 6.71. The maximum Gasteiger partial charge on any atom is 0.182 e. The minimum Gasteiger partial charge on any atom is -0.320 e. The molecule has 72 valence electrons. The summed E-state index contributed by atoms with van der Waals surface area (Å²) in [4.78, 5) is 8.53. The van der Waals surface area contributed by atoms with E-state index in [0.29, 0.717) is 0 Å². The highest BCUT2D eigenvalue weighted by molar-refractivity contribution is 9.10. The van der Waals surface area contributed by atoms with Crippen molar-refractivity contribution >= 4 is 21.4 Å². The van der Waals surface area contributed by atoms with Gasteiger partial charge in [-0.15, -0.1) is 0 Å². The van der Waals surface area contributed by atoms with E-state index in [1.165, 1.54) is 0 Å². The lowest BCUT2D eigenvalue weighted by Crippen LogP contribution is -2.19. The molecule has 0 saturated heterocycles. The van der Waals surface area contributed by atoms with E-state index in [-0.39, 0.29) is 5.54 Å². The molecule has 5 heteroatoms. The van der Waals surface area contributed by atoms with Crippen molar-refractivity contribution in [2.45, 2.75) is 18.4 Å². The highest BCUT2D eigenvalue weighted by Crippen LogP contribution is 2.44. The Morgan fingerprint density at radius 2 is 2.29 bits per heavy atom. The van der Waals surface area contributed by atoms with Crippen LogP contribution in [0.3, 0.4) is 0 Å². The molecule has 1 aliphatic carbocycles. The maximum atomic E-state index is 6.12. The molecule has 0 atom stereocenters. The first kappa shape index (κ1) is 8.38. The zero-order valence-corrected chi connectivity index (χ0v) is 9.03. The number of rotatable bonds is 1. The molecular formula is C9H9BrN4. The van der Waals surface area contributed by atoms with E-state index in [2.05, 4.69) is 25.9 Å². The molecule has 0 aromatic carbocycles. The zero-order valence-electron chi connectivity index (χ0n) is 7.44. The molecule has 2 aromatic rings. The van der Waals surface area contributed by atoms with Crippen molar-refractivity contribution in [3.8, 4) is 0 Å². The molecule has 0 aliphatic heterocycles. The second-order valence-electron chi connectivity index (χ2n) is 3.72. The number of aromatic nitrogens is 3. The number of nitrogens with zero attached hydrogens (tertiary/aromatic N) is 3. The molecule has 1 fully saturated rings. The van der Waals surface area contributed by atoms with Gasteiger partial charge in [-0.3, -0.25) is 9.38 Å². The number of imidazole rings is 1. The third-order valence-electron chi connectivity index (χ3n) is 2.66. The van der Waals surface area contributed by atoms with E-state index in [0.717, 1.165) is 28.8 Å². The predicted octanol–water partition coefficient (Wildman–Crippen LogP) is 1.44. The SMILES string of the molecule is NC1(c2nc(Br)n3ccncc23)CC1. The summed E-state index contributed by atoms with van der Waals surface area (Å²) in [5.41, 5.74) is 7.87. The van der Waals surface area contributed by atoms with Crippen molar-refractivity contribution in [1.29, 1.82) is 0 Å². The van der Waals surface area contributed by atoms with Gasteiger partial charge in [0.2, 0.25) is 0 Å². The second-order valence-corrected chi connectivity index (χ2v) is 4.43. The summed E-state index contributed by atoms with van der Waals surface area (Å²) < 4.78 is 2.75. The van der Waals surface area contributed by atoms with Crippen LogP contribution >= 0.6 is 15.9 Å². The molecule has 0 radical (unpaired) electrons. The van der Waals surface area contributed by atoms with Gasteiger partial charge in [0.1, 0.15) is 0 Å². The lowest BCUT2D eigenvalue weighted by Gasteiger charge is -2.03. The molecule has 2 aromatic heterocycles. The van der Waals surface area contributed by atoms with Crippen LogP contribution in [0.15, 0.2) is 23.3 Å². The fourth-order valence-electron chi connectivity index (χ4n) is 1.64. The van der Waals surface area contributed by atoms with Crippen LogP contribution in [0.1, 0.15) is 18.5 Å². The van der Waals surface area contributed by atoms with E-state index < -0.39 is 0 Å². The minimum absolute atomic E-state index is 0.208. The van der Waals surface area contributed by atoms with Gasteiger partial charge in [0.25, 0.3) is 0 Å². The van der Waals surface area contributed by atoms with Crippen molar-refractivity contribution in [3.63, 3.8) is 0 Å². The average Bonchev–Trinajstić information content (AvgIpc) is 2.84. The Balaban J connectivity index is 2.34.